The molecule has 178 valence electrons. The molecule has 2 unspecified atom stereocenters. The van der Waals surface area contributed by atoms with Crippen LogP contribution >= 0.6 is 11.3 Å². The summed E-state index contributed by atoms with van der Waals surface area (Å²) in [7, 11) is 0. The Morgan fingerprint density at radius 3 is 2.34 bits per heavy atom. The fourth-order valence-corrected chi connectivity index (χ4v) is 8.16. The van der Waals surface area contributed by atoms with Crippen LogP contribution in [0.5, 0.6) is 0 Å². The van der Waals surface area contributed by atoms with Crippen LogP contribution in [0.3, 0.4) is 0 Å². The lowest BCUT2D eigenvalue weighted by atomic mass is 9.91. The van der Waals surface area contributed by atoms with Gasteiger partial charge in [0.05, 0.1) is 6.04 Å². The molecule has 0 spiro atoms. The molecule has 5 aromatic carbocycles. The zero-order valence-corrected chi connectivity index (χ0v) is 21.5. The second kappa shape index (κ2) is 7.56. The maximum Gasteiger partial charge on any atom is 0.0629 e. The molecule has 1 aliphatic heterocycles. The zero-order chi connectivity index (χ0) is 24.8. The number of rotatable bonds is 2. The molecule has 0 fully saturated rings. The van der Waals surface area contributed by atoms with E-state index in [2.05, 4.69) is 132 Å². The second-order valence-corrected chi connectivity index (χ2v) is 11.5. The van der Waals surface area contributed by atoms with Gasteiger partial charge in [-0.3, -0.25) is 0 Å². The first-order valence-electron chi connectivity index (χ1n) is 13.3. The first-order valence-corrected chi connectivity index (χ1v) is 14.1. The molecule has 2 atom stereocenters. The van der Waals surface area contributed by atoms with Crippen molar-refractivity contribution in [1.82, 2.24) is 0 Å². The number of thiophene rings is 1. The standard InChI is InChI=1S/C36H23NS/c1-3-13-31-26(9-1)27-10-2-4-14-32(27)37(31)25-18-15-22(16-19-25)24-17-20-28-33(21-24)38-36-30-12-6-8-23-7-5-11-29(34(23)30)35(28)36/h1-21,26,31H. The first-order chi connectivity index (χ1) is 18.8. The third kappa shape index (κ3) is 2.70. The smallest absolute Gasteiger partial charge is 0.0629 e. The van der Waals surface area contributed by atoms with E-state index in [1.165, 1.54) is 70.5 Å². The van der Waals surface area contributed by atoms with E-state index in [0.717, 1.165) is 0 Å². The summed E-state index contributed by atoms with van der Waals surface area (Å²) in [6.07, 6.45) is 9.03. The van der Waals surface area contributed by atoms with Crippen molar-refractivity contribution in [2.75, 3.05) is 4.90 Å². The van der Waals surface area contributed by atoms with Gasteiger partial charge in [0.25, 0.3) is 0 Å². The molecule has 2 heterocycles. The van der Waals surface area contributed by atoms with Gasteiger partial charge >= 0.3 is 0 Å². The van der Waals surface area contributed by atoms with Gasteiger partial charge in [0.2, 0.25) is 0 Å². The molecule has 0 saturated heterocycles. The van der Waals surface area contributed by atoms with Crippen molar-refractivity contribution >= 4 is 43.6 Å². The normalized spacial score (nSPS) is 18.3. The quantitative estimate of drug-likeness (QED) is 0.228. The van der Waals surface area contributed by atoms with Crippen LogP contribution in [-0.2, 0) is 0 Å². The van der Waals surface area contributed by atoms with E-state index in [-0.39, 0.29) is 0 Å². The lowest BCUT2D eigenvalue weighted by Crippen LogP contribution is -2.28. The predicted octanol–water partition coefficient (Wildman–Crippen LogP) is 10.1. The average Bonchev–Trinajstić information content (AvgIpc) is 3.62. The van der Waals surface area contributed by atoms with Crippen molar-refractivity contribution < 1.29 is 0 Å². The zero-order valence-electron chi connectivity index (χ0n) is 20.6. The summed E-state index contributed by atoms with van der Waals surface area (Å²) in [6.45, 7) is 0. The Morgan fingerprint density at radius 2 is 1.45 bits per heavy atom. The molecule has 3 aliphatic rings. The fourth-order valence-electron chi connectivity index (χ4n) is 6.88. The van der Waals surface area contributed by atoms with Gasteiger partial charge in [0.1, 0.15) is 0 Å². The summed E-state index contributed by atoms with van der Waals surface area (Å²) in [5.41, 5.74) is 10.7. The van der Waals surface area contributed by atoms with Crippen molar-refractivity contribution in [3.05, 3.63) is 133 Å². The van der Waals surface area contributed by atoms with Crippen LogP contribution in [0.2, 0.25) is 0 Å². The van der Waals surface area contributed by atoms with E-state index in [0.29, 0.717) is 12.0 Å². The molecule has 0 amide bonds. The lowest BCUT2D eigenvalue weighted by molar-refractivity contribution is 0.745. The van der Waals surface area contributed by atoms with Gasteiger partial charge in [-0.25, -0.2) is 0 Å². The Labute approximate surface area is 225 Å². The number of para-hydroxylation sites is 1. The number of hydrogen-bond acceptors (Lipinski definition) is 2. The van der Waals surface area contributed by atoms with Gasteiger partial charge in [-0.2, -0.15) is 0 Å². The number of fused-ring (bicyclic) bond motifs is 8. The summed E-state index contributed by atoms with van der Waals surface area (Å²) in [5, 5.41) is 4.11. The number of anilines is 2. The highest BCUT2D eigenvalue weighted by Gasteiger charge is 2.36. The number of benzene rings is 5. The van der Waals surface area contributed by atoms with Crippen LogP contribution in [0.1, 0.15) is 11.5 Å². The number of nitrogens with zero attached hydrogens (tertiary/aromatic N) is 1. The summed E-state index contributed by atoms with van der Waals surface area (Å²) in [4.78, 5) is 3.91. The van der Waals surface area contributed by atoms with Crippen molar-refractivity contribution in [1.29, 1.82) is 0 Å². The maximum atomic E-state index is 2.49. The van der Waals surface area contributed by atoms with Crippen LogP contribution in [0, 0.1) is 0 Å². The van der Waals surface area contributed by atoms with Crippen molar-refractivity contribution in [3.63, 3.8) is 0 Å². The van der Waals surface area contributed by atoms with Gasteiger partial charge in [0.15, 0.2) is 0 Å². The van der Waals surface area contributed by atoms with E-state index in [1.807, 2.05) is 11.3 Å². The van der Waals surface area contributed by atoms with Crippen molar-refractivity contribution in [2.24, 2.45) is 0 Å². The minimum Gasteiger partial charge on any atom is -0.333 e. The highest BCUT2D eigenvalue weighted by atomic mass is 32.1. The number of hydrogen-bond donors (Lipinski definition) is 0. The molecular weight excluding hydrogens is 478 g/mol. The highest BCUT2D eigenvalue weighted by Crippen LogP contribution is 2.54. The first kappa shape index (κ1) is 20.6. The average molecular weight is 502 g/mol. The Hall–Kier alpha value is -4.40. The second-order valence-electron chi connectivity index (χ2n) is 10.5. The topological polar surface area (TPSA) is 3.24 Å². The van der Waals surface area contributed by atoms with Gasteiger partial charge in [-0.15, -0.1) is 11.3 Å². The monoisotopic (exact) mass is 501 g/mol. The van der Waals surface area contributed by atoms with Crippen LogP contribution < -0.4 is 4.90 Å². The molecule has 1 nitrogen and oxygen atoms in total. The summed E-state index contributed by atoms with van der Waals surface area (Å²) in [6, 6.07) is 38.7. The SMILES string of the molecule is C1=CC2c3ccccc3N(c3ccc(-c4ccc5c6c(sc5c4)-c4cccc5cccc-6c45)cc3)C2C=C1. The maximum absolute atomic E-state index is 2.49. The van der Waals surface area contributed by atoms with E-state index in [9.17, 15) is 0 Å². The molecule has 2 aliphatic carbocycles. The Kier molecular flexibility index (Phi) is 4.11. The fraction of sp³-hybridized carbons (Fsp3) is 0.0556. The van der Waals surface area contributed by atoms with Gasteiger partial charge in [-0.1, -0.05) is 103 Å². The molecule has 38 heavy (non-hydrogen) atoms. The van der Waals surface area contributed by atoms with E-state index >= 15 is 0 Å². The third-order valence-electron chi connectivity index (χ3n) is 8.55. The Balaban J connectivity index is 1.11. The van der Waals surface area contributed by atoms with E-state index in [1.54, 1.807) is 0 Å². The predicted molar refractivity (Wildman–Crippen MR) is 163 cm³/mol. The molecule has 1 aromatic heterocycles. The molecule has 0 saturated carbocycles. The molecule has 9 rings (SSSR count). The van der Waals surface area contributed by atoms with E-state index in [4.69, 9.17) is 0 Å². The van der Waals surface area contributed by atoms with Crippen LogP contribution in [0.25, 0.3) is 53.6 Å². The molecule has 2 heteroatoms. The van der Waals surface area contributed by atoms with Crippen LogP contribution in [0.15, 0.2) is 127 Å². The van der Waals surface area contributed by atoms with Gasteiger partial charge < -0.3 is 4.90 Å². The molecular formula is C36H23NS. The molecule has 6 aromatic rings. The van der Waals surface area contributed by atoms with Crippen LogP contribution in [0.4, 0.5) is 11.4 Å². The Bertz CT molecular complexity index is 1980. The summed E-state index contributed by atoms with van der Waals surface area (Å²) < 4.78 is 1.36. The molecule has 0 N–H and O–H groups in total. The molecule has 0 radical (unpaired) electrons. The minimum absolute atomic E-state index is 0.334. The highest BCUT2D eigenvalue weighted by molar-refractivity contribution is 7.23. The van der Waals surface area contributed by atoms with Crippen molar-refractivity contribution in [2.45, 2.75) is 12.0 Å². The van der Waals surface area contributed by atoms with Crippen molar-refractivity contribution in [3.8, 4) is 32.7 Å². The summed E-state index contributed by atoms with van der Waals surface area (Å²) in [5.74, 6) is 0.412. The molecule has 0 bridgehead atoms. The van der Waals surface area contributed by atoms with Crippen LogP contribution in [-0.4, -0.2) is 6.04 Å². The van der Waals surface area contributed by atoms with Gasteiger partial charge in [-0.05, 0) is 57.3 Å². The van der Waals surface area contributed by atoms with E-state index < -0.39 is 0 Å². The number of allylic oxidation sites excluding steroid dienone is 2. The Morgan fingerprint density at radius 1 is 0.658 bits per heavy atom. The third-order valence-corrected chi connectivity index (χ3v) is 9.73. The summed E-state index contributed by atoms with van der Waals surface area (Å²) >= 11 is 1.93. The van der Waals surface area contributed by atoms with Gasteiger partial charge in [0, 0.05) is 43.4 Å². The lowest BCUT2D eigenvalue weighted by Gasteiger charge is -2.28. The minimum atomic E-state index is 0.334. The largest absolute Gasteiger partial charge is 0.333 e.